The Kier molecular flexibility index (Phi) is 3.82. The van der Waals surface area contributed by atoms with Crippen LogP contribution in [0, 0.1) is 6.92 Å². The molecule has 4 heterocycles. The maximum absolute atomic E-state index is 5.61. The number of furan rings is 1. The molecule has 6 heteroatoms. The summed E-state index contributed by atoms with van der Waals surface area (Å²) in [6.45, 7) is 2.67. The summed E-state index contributed by atoms with van der Waals surface area (Å²) in [6, 6.07) is 14.0. The molecule has 0 bridgehead atoms. The predicted molar refractivity (Wildman–Crippen MR) is 95.2 cm³/mol. The van der Waals surface area contributed by atoms with E-state index in [4.69, 9.17) is 16.6 Å². The van der Waals surface area contributed by atoms with Gasteiger partial charge in [-0.2, -0.15) is 0 Å². The first kappa shape index (κ1) is 15.0. The van der Waals surface area contributed by atoms with Crippen LogP contribution in [-0.2, 0) is 6.54 Å². The van der Waals surface area contributed by atoms with Crippen molar-refractivity contribution >= 4 is 17.3 Å². The quantitative estimate of drug-likeness (QED) is 0.713. The minimum atomic E-state index is -0.00767. The van der Waals surface area contributed by atoms with Crippen LogP contribution in [0.4, 0.5) is 0 Å². The fraction of sp³-hybridized carbons (Fsp3) is 0.222. The number of rotatable bonds is 4. The molecule has 4 rings (SSSR count). The first-order valence-corrected chi connectivity index (χ1v) is 8.29. The van der Waals surface area contributed by atoms with Gasteiger partial charge in [0.15, 0.2) is 5.11 Å². The zero-order valence-electron chi connectivity index (χ0n) is 13.3. The van der Waals surface area contributed by atoms with Gasteiger partial charge in [-0.3, -0.25) is 4.98 Å². The maximum atomic E-state index is 5.61. The molecule has 0 aliphatic carbocycles. The summed E-state index contributed by atoms with van der Waals surface area (Å²) < 4.78 is 5.52. The number of aromatic amines is 1. The predicted octanol–water partition coefficient (Wildman–Crippen LogP) is 3.48. The van der Waals surface area contributed by atoms with Crippen LogP contribution in [0.3, 0.4) is 0 Å². The second-order valence-corrected chi connectivity index (χ2v) is 6.32. The van der Waals surface area contributed by atoms with Crippen molar-refractivity contribution in [2.45, 2.75) is 25.6 Å². The summed E-state index contributed by atoms with van der Waals surface area (Å²) in [7, 11) is 0. The molecule has 0 aromatic carbocycles. The van der Waals surface area contributed by atoms with Gasteiger partial charge in [0.1, 0.15) is 5.76 Å². The van der Waals surface area contributed by atoms with E-state index in [1.807, 2.05) is 36.5 Å². The molecule has 1 fully saturated rings. The van der Waals surface area contributed by atoms with Gasteiger partial charge in [0.25, 0.3) is 0 Å². The summed E-state index contributed by atoms with van der Waals surface area (Å²) in [5.74, 6) is 0.883. The number of H-pyrrole nitrogens is 1. The zero-order chi connectivity index (χ0) is 16.5. The molecular weight excluding hydrogens is 320 g/mol. The average Bonchev–Trinajstić information content (AvgIpc) is 3.31. The molecule has 1 aliphatic rings. The summed E-state index contributed by atoms with van der Waals surface area (Å²) in [5.41, 5.74) is 3.21. The lowest BCUT2D eigenvalue weighted by atomic mass is 10.0. The Labute approximate surface area is 145 Å². The molecule has 122 valence electrons. The fourth-order valence-electron chi connectivity index (χ4n) is 3.18. The van der Waals surface area contributed by atoms with Crippen molar-refractivity contribution in [3.8, 4) is 0 Å². The zero-order valence-corrected chi connectivity index (χ0v) is 14.1. The van der Waals surface area contributed by atoms with E-state index in [0.717, 1.165) is 22.8 Å². The molecular formula is C18H18N4OS. The molecule has 0 spiro atoms. The number of thiocarbonyl (C=S) groups is 1. The van der Waals surface area contributed by atoms with Crippen molar-refractivity contribution in [1.82, 2.24) is 20.2 Å². The Morgan fingerprint density at radius 3 is 2.79 bits per heavy atom. The number of pyridine rings is 1. The van der Waals surface area contributed by atoms with Crippen molar-refractivity contribution in [3.05, 3.63) is 77.8 Å². The first-order chi connectivity index (χ1) is 11.7. The molecule has 1 aliphatic heterocycles. The molecule has 24 heavy (non-hydrogen) atoms. The van der Waals surface area contributed by atoms with E-state index in [0.29, 0.717) is 11.7 Å². The van der Waals surface area contributed by atoms with Crippen molar-refractivity contribution in [1.29, 1.82) is 0 Å². The van der Waals surface area contributed by atoms with Crippen LogP contribution in [0.25, 0.3) is 0 Å². The largest absolute Gasteiger partial charge is 0.467 e. The number of hydrogen-bond donors (Lipinski definition) is 2. The lowest BCUT2D eigenvalue weighted by molar-refractivity contribution is 0.283. The van der Waals surface area contributed by atoms with Gasteiger partial charge in [-0.05, 0) is 55.5 Å². The summed E-state index contributed by atoms with van der Waals surface area (Å²) in [6.07, 6.45) is 3.50. The molecule has 0 saturated carbocycles. The van der Waals surface area contributed by atoms with Gasteiger partial charge in [0.05, 0.1) is 30.6 Å². The highest BCUT2D eigenvalue weighted by Crippen LogP contribution is 2.38. The van der Waals surface area contributed by atoms with Crippen molar-refractivity contribution in [2.75, 3.05) is 0 Å². The Bertz CT molecular complexity index is 828. The average molecular weight is 338 g/mol. The molecule has 0 radical (unpaired) electrons. The second-order valence-electron chi connectivity index (χ2n) is 5.93. The van der Waals surface area contributed by atoms with Gasteiger partial charge >= 0.3 is 0 Å². The van der Waals surface area contributed by atoms with Gasteiger partial charge in [0.2, 0.25) is 0 Å². The van der Waals surface area contributed by atoms with E-state index in [1.54, 1.807) is 6.26 Å². The van der Waals surface area contributed by atoms with Crippen LogP contribution in [0.15, 0.2) is 59.3 Å². The molecule has 0 unspecified atom stereocenters. The van der Waals surface area contributed by atoms with Gasteiger partial charge < -0.3 is 19.6 Å². The normalized spacial score (nSPS) is 20.4. The minimum absolute atomic E-state index is 0.00767. The third kappa shape index (κ3) is 2.69. The molecule has 1 saturated heterocycles. The topological polar surface area (TPSA) is 57.1 Å². The highest BCUT2D eigenvalue weighted by Gasteiger charge is 2.40. The Morgan fingerprint density at radius 2 is 2.12 bits per heavy atom. The summed E-state index contributed by atoms with van der Waals surface area (Å²) >= 11 is 5.61. The maximum Gasteiger partial charge on any atom is 0.170 e. The Morgan fingerprint density at radius 1 is 1.21 bits per heavy atom. The number of nitrogens with one attached hydrogen (secondary N) is 2. The van der Waals surface area contributed by atoms with Gasteiger partial charge in [-0.1, -0.05) is 6.07 Å². The highest BCUT2D eigenvalue weighted by atomic mass is 32.1. The van der Waals surface area contributed by atoms with Gasteiger partial charge in [-0.15, -0.1) is 0 Å². The first-order valence-electron chi connectivity index (χ1n) is 7.88. The Balaban J connectivity index is 1.73. The monoisotopic (exact) mass is 338 g/mol. The van der Waals surface area contributed by atoms with Crippen molar-refractivity contribution < 1.29 is 4.42 Å². The number of hydrogen-bond acceptors (Lipinski definition) is 3. The molecule has 3 aromatic heterocycles. The minimum Gasteiger partial charge on any atom is -0.467 e. The third-order valence-electron chi connectivity index (χ3n) is 4.28. The van der Waals surface area contributed by atoms with Gasteiger partial charge in [-0.25, -0.2) is 0 Å². The van der Waals surface area contributed by atoms with Crippen LogP contribution in [0.5, 0.6) is 0 Å². The molecule has 3 aromatic rings. The van der Waals surface area contributed by atoms with E-state index < -0.39 is 0 Å². The van der Waals surface area contributed by atoms with E-state index in [2.05, 4.69) is 39.2 Å². The lowest BCUT2D eigenvalue weighted by Gasteiger charge is -2.26. The van der Waals surface area contributed by atoms with Crippen molar-refractivity contribution in [3.63, 3.8) is 0 Å². The smallest absolute Gasteiger partial charge is 0.170 e. The van der Waals surface area contributed by atoms with Crippen LogP contribution in [0.2, 0.25) is 0 Å². The van der Waals surface area contributed by atoms with Crippen LogP contribution < -0.4 is 5.32 Å². The molecule has 2 N–H and O–H groups in total. The summed E-state index contributed by atoms with van der Waals surface area (Å²) in [5, 5.41) is 4.13. The number of aryl methyl sites for hydroxylation is 1. The van der Waals surface area contributed by atoms with Crippen molar-refractivity contribution in [2.24, 2.45) is 0 Å². The van der Waals surface area contributed by atoms with Crippen LogP contribution >= 0.6 is 12.2 Å². The fourth-order valence-corrected chi connectivity index (χ4v) is 3.49. The highest BCUT2D eigenvalue weighted by molar-refractivity contribution is 7.80. The lowest BCUT2D eigenvalue weighted by Crippen LogP contribution is -2.29. The SMILES string of the molecule is Cc1ccc([C@H]2[C@@H](c3ccccn3)NC(=S)N2Cc2ccco2)[nH]1. The number of nitrogens with zero attached hydrogens (tertiary/aromatic N) is 2. The Hall–Kier alpha value is -2.60. The molecule has 2 atom stereocenters. The van der Waals surface area contributed by atoms with E-state index in [-0.39, 0.29) is 12.1 Å². The third-order valence-corrected chi connectivity index (χ3v) is 4.63. The van der Waals surface area contributed by atoms with Crippen LogP contribution in [0.1, 0.15) is 34.9 Å². The van der Waals surface area contributed by atoms with Crippen LogP contribution in [-0.4, -0.2) is 20.0 Å². The van der Waals surface area contributed by atoms with E-state index in [1.165, 1.54) is 0 Å². The van der Waals surface area contributed by atoms with Gasteiger partial charge in [0, 0.05) is 17.6 Å². The van der Waals surface area contributed by atoms with E-state index in [9.17, 15) is 0 Å². The number of aromatic nitrogens is 2. The standard InChI is InChI=1S/C18H18N4OS/c1-12-7-8-15(20-12)17-16(14-6-2-3-9-19-14)21-18(24)22(17)11-13-5-4-10-23-13/h2-10,16-17,20H,11H2,1H3,(H,21,24)/t16-,17+/m1/s1. The van der Waals surface area contributed by atoms with E-state index >= 15 is 0 Å². The second kappa shape index (κ2) is 6.13. The summed E-state index contributed by atoms with van der Waals surface area (Å²) in [4.78, 5) is 10.1. The molecule has 5 nitrogen and oxygen atoms in total. The molecule has 0 amide bonds.